The molecule has 0 aliphatic carbocycles. The minimum absolute atomic E-state index is 0.0951. The highest BCUT2D eigenvalue weighted by atomic mass is 16.2. The predicted octanol–water partition coefficient (Wildman–Crippen LogP) is 5.74. The Kier molecular flexibility index (Phi) is 5.56. The van der Waals surface area contributed by atoms with Crippen molar-refractivity contribution in [2.24, 2.45) is 7.05 Å². The lowest BCUT2D eigenvalue weighted by atomic mass is 9.92. The Morgan fingerprint density at radius 2 is 1.71 bits per heavy atom. The van der Waals surface area contributed by atoms with Gasteiger partial charge in [0.1, 0.15) is 11.5 Å². The largest absolute Gasteiger partial charge is 0.324 e. The number of rotatable bonds is 4. The number of nitrogens with one attached hydrogen (secondary N) is 2. The lowest BCUT2D eigenvalue weighted by molar-refractivity contribution is 0.262. The van der Waals surface area contributed by atoms with Gasteiger partial charge in [-0.15, -0.1) is 0 Å². The van der Waals surface area contributed by atoms with Crippen LogP contribution in [-0.4, -0.2) is 30.2 Å². The molecule has 5 aromatic rings. The highest BCUT2D eigenvalue weighted by molar-refractivity contribution is 5.99. The van der Waals surface area contributed by atoms with Crippen LogP contribution >= 0.6 is 0 Å². The molecule has 35 heavy (non-hydrogen) atoms. The van der Waals surface area contributed by atoms with Gasteiger partial charge >= 0.3 is 6.03 Å². The van der Waals surface area contributed by atoms with Crippen LogP contribution in [0.5, 0.6) is 0 Å². The number of fused-ring (bicyclic) bond motifs is 1. The average molecular weight is 466 g/mol. The van der Waals surface area contributed by atoms with Crippen molar-refractivity contribution < 1.29 is 4.79 Å². The van der Waals surface area contributed by atoms with E-state index in [0.717, 1.165) is 33.7 Å². The summed E-state index contributed by atoms with van der Waals surface area (Å²) < 4.78 is 3.72. The van der Waals surface area contributed by atoms with Crippen molar-refractivity contribution >= 4 is 23.2 Å². The predicted molar refractivity (Wildman–Crippen MR) is 138 cm³/mol. The molecule has 0 fully saturated rings. The molecule has 0 saturated heterocycles. The minimum Gasteiger partial charge on any atom is -0.308 e. The number of hydrogen-bond donors (Lipinski definition) is 2. The molecule has 0 radical (unpaired) electrons. The number of carbonyl (C=O) groups is 1. The van der Waals surface area contributed by atoms with Crippen LogP contribution in [0.15, 0.2) is 79.4 Å². The Morgan fingerprint density at radius 1 is 0.914 bits per heavy atom. The fraction of sp³-hybridized carbons (Fsp3) is 0.185. The fourth-order valence-corrected chi connectivity index (χ4v) is 3.86. The molecule has 4 heterocycles. The van der Waals surface area contributed by atoms with Crippen molar-refractivity contribution in [1.82, 2.24) is 24.1 Å². The van der Waals surface area contributed by atoms with Crippen molar-refractivity contribution in [3.05, 3.63) is 85.1 Å². The molecule has 5 rings (SSSR count). The molecule has 176 valence electrons. The molecule has 0 unspecified atom stereocenters. The third-order valence-corrected chi connectivity index (χ3v) is 5.84. The van der Waals surface area contributed by atoms with Crippen molar-refractivity contribution in [3.8, 4) is 22.4 Å². The molecule has 0 saturated carbocycles. The molecule has 0 spiro atoms. The van der Waals surface area contributed by atoms with Crippen molar-refractivity contribution in [1.29, 1.82) is 0 Å². The number of benzene rings is 1. The van der Waals surface area contributed by atoms with Gasteiger partial charge in [0.15, 0.2) is 0 Å². The third kappa shape index (κ3) is 4.63. The smallest absolute Gasteiger partial charge is 0.308 e. The van der Waals surface area contributed by atoms with Gasteiger partial charge in [0, 0.05) is 53.9 Å². The number of amides is 2. The van der Waals surface area contributed by atoms with E-state index in [4.69, 9.17) is 0 Å². The molecular weight excluding hydrogens is 438 g/mol. The summed E-state index contributed by atoms with van der Waals surface area (Å²) in [7, 11) is 1.81. The second-order valence-electron chi connectivity index (χ2n) is 9.47. The Bertz CT molecular complexity index is 1490. The standard InChI is InChI=1S/C27H27N7O/c1-27(2,3)23-15-25(33(4)32-23)31-26(35)30-21-9-7-18(8-10-21)22-17-29-24-14-19(11-13-34(22)24)20-6-5-12-28-16-20/h5-17H,1-4H3,(H2,30,31,35). The molecule has 8 heteroatoms. The number of carbonyl (C=O) groups excluding carboxylic acids is 1. The molecule has 0 aliphatic rings. The van der Waals surface area contributed by atoms with Gasteiger partial charge in [-0.2, -0.15) is 5.10 Å². The van der Waals surface area contributed by atoms with E-state index in [9.17, 15) is 4.79 Å². The first-order valence-corrected chi connectivity index (χ1v) is 11.4. The van der Waals surface area contributed by atoms with E-state index >= 15 is 0 Å². The summed E-state index contributed by atoms with van der Waals surface area (Å²) in [6.07, 6.45) is 7.47. The number of aryl methyl sites for hydroxylation is 1. The Morgan fingerprint density at radius 3 is 2.40 bits per heavy atom. The van der Waals surface area contributed by atoms with Crippen LogP contribution in [0.25, 0.3) is 28.0 Å². The number of urea groups is 1. The van der Waals surface area contributed by atoms with E-state index in [-0.39, 0.29) is 11.4 Å². The van der Waals surface area contributed by atoms with Gasteiger partial charge in [-0.1, -0.05) is 39.0 Å². The summed E-state index contributed by atoms with van der Waals surface area (Å²) in [6, 6.07) is 17.3. The number of aromatic nitrogens is 5. The number of anilines is 2. The number of imidazole rings is 1. The second-order valence-corrected chi connectivity index (χ2v) is 9.47. The van der Waals surface area contributed by atoms with Crippen LogP contribution in [0.1, 0.15) is 26.5 Å². The van der Waals surface area contributed by atoms with Gasteiger partial charge < -0.3 is 5.32 Å². The molecule has 0 aliphatic heterocycles. The molecular formula is C27H27N7O. The van der Waals surface area contributed by atoms with Gasteiger partial charge in [-0.05, 0) is 35.9 Å². The average Bonchev–Trinajstić information content (AvgIpc) is 3.43. The van der Waals surface area contributed by atoms with E-state index < -0.39 is 0 Å². The summed E-state index contributed by atoms with van der Waals surface area (Å²) in [4.78, 5) is 21.3. The summed E-state index contributed by atoms with van der Waals surface area (Å²) >= 11 is 0. The Balaban J connectivity index is 1.30. The van der Waals surface area contributed by atoms with Gasteiger partial charge in [0.2, 0.25) is 0 Å². The number of pyridine rings is 2. The van der Waals surface area contributed by atoms with E-state index in [1.54, 1.807) is 10.9 Å². The summed E-state index contributed by atoms with van der Waals surface area (Å²) in [5.74, 6) is 0.639. The lowest BCUT2D eigenvalue weighted by Gasteiger charge is -2.13. The van der Waals surface area contributed by atoms with Crippen LogP contribution < -0.4 is 10.6 Å². The second kappa shape index (κ2) is 8.72. The van der Waals surface area contributed by atoms with E-state index in [1.165, 1.54) is 0 Å². The molecule has 0 bridgehead atoms. The minimum atomic E-state index is -0.320. The first kappa shape index (κ1) is 22.3. The summed E-state index contributed by atoms with van der Waals surface area (Å²) in [5, 5.41) is 10.2. The van der Waals surface area contributed by atoms with Gasteiger partial charge in [-0.3, -0.25) is 19.4 Å². The van der Waals surface area contributed by atoms with Gasteiger partial charge in [0.25, 0.3) is 0 Å². The zero-order chi connectivity index (χ0) is 24.6. The SMILES string of the molecule is Cn1nc(C(C)(C)C)cc1NC(=O)Nc1ccc(-c2cnc3cc(-c4cccnc4)ccn23)cc1. The summed E-state index contributed by atoms with van der Waals surface area (Å²) in [6.45, 7) is 6.26. The molecule has 2 amide bonds. The third-order valence-electron chi connectivity index (χ3n) is 5.84. The van der Waals surface area contributed by atoms with Crippen LogP contribution in [-0.2, 0) is 12.5 Å². The maximum Gasteiger partial charge on any atom is 0.324 e. The number of hydrogen-bond acceptors (Lipinski definition) is 4. The zero-order valence-electron chi connectivity index (χ0n) is 20.1. The Labute approximate surface area is 203 Å². The van der Waals surface area contributed by atoms with E-state index in [0.29, 0.717) is 11.5 Å². The molecule has 4 aromatic heterocycles. The Hall–Kier alpha value is -4.46. The highest BCUT2D eigenvalue weighted by Crippen LogP contribution is 2.26. The zero-order valence-corrected chi connectivity index (χ0v) is 20.1. The van der Waals surface area contributed by atoms with Crippen LogP contribution in [0.3, 0.4) is 0 Å². The molecule has 8 nitrogen and oxygen atoms in total. The quantitative estimate of drug-likeness (QED) is 0.354. The van der Waals surface area contributed by atoms with Crippen molar-refractivity contribution in [2.45, 2.75) is 26.2 Å². The monoisotopic (exact) mass is 465 g/mol. The number of nitrogens with zero attached hydrogens (tertiary/aromatic N) is 5. The molecule has 1 aromatic carbocycles. The topological polar surface area (TPSA) is 89.1 Å². The van der Waals surface area contributed by atoms with Gasteiger partial charge in [0.05, 0.1) is 17.6 Å². The van der Waals surface area contributed by atoms with Crippen LogP contribution in [0.2, 0.25) is 0 Å². The molecule has 0 atom stereocenters. The van der Waals surface area contributed by atoms with E-state index in [1.807, 2.05) is 78.6 Å². The maximum atomic E-state index is 12.5. The van der Waals surface area contributed by atoms with Crippen LogP contribution in [0, 0.1) is 0 Å². The van der Waals surface area contributed by atoms with Crippen LogP contribution in [0.4, 0.5) is 16.3 Å². The molecule has 2 N–H and O–H groups in total. The van der Waals surface area contributed by atoms with Crippen molar-refractivity contribution in [3.63, 3.8) is 0 Å². The van der Waals surface area contributed by atoms with Crippen molar-refractivity contribution in [2.75, 3.05) is 10.6 Å². The van der Waals surface area contributed by atoms with E-state index in [2.05, 4.69) is 52.5 Å². The first-order chi connectivity index (χ1) is 16.8. The highest BCUT2D eigenvalue weighted by Gasteiger charge is 2.19. The maximum absolute atomic E-state index is 12.5. The first-order valence-electron chi connectivity index (χ1n) is 11.4. The van der Waals surface area contributed by atoms with Gasteiger partial charge in [-0.25, -0.2) is 9.78 Å². The summed E-state index contributed by atoms with van der Waals surface area (Å²) in [5.41, 5.74) is 6.45. The lowest BCUT2D eigenvalue weighted by Crippen LogP contribution is -2.20. The fourth-order valence-electron chi connectivity index (χ4n) is 3.86. The normalized spacial score (nSPS) is 11.5.